The number of hydrogen-bond donors (Lipinski definition) is 0. The Balaban J connectivity index is 0.00000210. The molecule has 0 bridgehead atoms. The van der Waals surface area contributed by atoms with Crippen LogP contribution < -0.4 is 9.64 Å². The largest absolute Gasteiger partial charge is 0.495 e. The highest BCUT2D eigenvalue weighted by Gasteiger charge is 2.31. The van der Waals surface area contributed by atoms with E-state index in [9.17, 15) is 4.79 Å². The van der Waals surface area contributed by atoms with Gasteiger partial charge < -0.3 is 9.64 Å². The van der Waals surface area contributed by atoms with E-state index in [1.165, 1.54) is 5.56 Å². The second kappa shape index (κ2) is 13.6. The lowest BCUT2D eigenvalue weighted by atomic mass is 9.82. The molecule has 206 valence electrons. The molecule has 0 saturated heterocycles. The molecule has 0 fully saturated rings. The molecule has 9 heteroatoms. The van der Waals surface area contributed by atoms with Crippen LogP contribution in [-0.2, 0) is 24.3 Å². The predicted molar refractivity (Wildman–Crippen MR) is 158 cm³/mol. The average molecular weight is 569 g/mol. The second-order valence-electron chi connectivity index (χ2n) is 9.90. The number of aryl methyl sites for hydroxylation is 1. The van der Waals surface area contributed by atoms with Gasteiger partial charge in [-0.2, -0.15) is 5.10 Å². The van der Waals surface area contributed by atoms with Crippen LogP contribution in [0.1, 0.15) is 66.6 Å². The second-order valence-corrected chi connectivity index (χ2v) is 9.90. The molecule has 7 nitrogen and oxygen atoms in total. The van der Waals surface area contributed by atoms with Gasteiger partial charge in [-0.05, 0) is 60.6 Å². The summed E-state index contributed by atoms with van der Waals surface area (Å²) in [5, 5.41) is 4.54. The van der Waals surface area contributed by atoms with Crippen LogP contribution in [0.5, 0.6) is 5.75 Å². The Labute approximate surface area is 242 Å². The third-order valence-electron chi connectivity index (χ3n) is 6.99. The number of halogens is 2. The SMILES string of the molecule is COc1ccc(Cn2cc(CN(C(=O)C3CCCc4ccccc43)c3ccc(C(C)C)nc3)cn2)nc1.Cl.Cl. The van der Waals surface area contributed by atoms with Crippen molar-refractivity contribution >= 4 is 36.4 Å². The van der Waals surface area contributed by atoms with Crippen molar-refractivity contribution in [1.29, 1.82) is 0 Å². The summed E-state index contributed by atoms with van der Waals surface area (Å²) in [6.07, 6.45) is 10.2. The Morgan fingerprint density at radius 3 is 2.56 bits per heavy atom. The first-order valence-corrected chi connectivity index (χ1v) is 12.9. The highest BCUT2D eigenvalue weighted by Crippen LogP contribution is 2.34. The number of carbonyl (C=O) groups excluding carboxylic acids is 1. The van der Waals surface area contributed by atoms with Gasteiger partial charge in [0.05, 0.1) is 56.1 Å². The number of nitrogens with zero attached hydrogens (tertiary/aromatic N) is 5. The van der Waals surface area contributed by atoms with Crippen molar-refractivity contribution in [2.24, 2.45) is 0 Å². The number of rotatable bonds is 8. The van der Waals surface area contributed by atoms with Gasteiger partial charge in [0.25, 0.3) is 0 Å². The molecule has 0 spiro atoms. The van der Waals surface area contributed by atoms with Crippen molar-refractivity contribution in [3.05, 3.63) is 101 Å². The van der Waals surface area contributed by atoms with Gasteiger partial charge >= 0.3 is 0 Å². The highest BCUT2D eigenvalue weighted by molar-refractivity contribution is 5.98. The van der Waals surface area contributed by atoms with Gasteiger partial charge in [0.15, 0.2) is 0 Å². The lowest BCUT2D eigenvalue weighted by Crippen LogP contribution is -2.36. The molecule has 5 rings (SSSR count). The number of anilines is 1. The number of carbonyl (C=O) groups is 1. The molecule has 1 aliphatic rings. The topological polar surface area (TPSA) is 73.1 Å². The number of amides is 1. The summed E-state index contributed by atoms with van der Waals surface area (Å²) in [5.74, 6) is 0.998. The monoisotopic (exact) mass is 567 g/mol. The van der Waals surface area contributed by atoms with E-state index in [2.05, 4.69) is 47.1 Å². The van der Waals surface area contributed by atoms with Crippen molar-refractivity contribution in [2.45, 2.75) is 58.0 Å². The number of aromatic nitrogens is 4. The maximum absolute atomic E-state index is 14.1. The fourth-order valence-corrected chi connectivity index (χ4v) is 4.94. The van der Waals surface area contributed by atoms with Gasteiger partial charge in [-0.3, -0.25) is 19.4 Å². The molecule has 1 unspecified atom stereocenters. The van der Waals surface area contributed by atoms with E-state index in [1.807, 2.05) is 58.5 Å². The number of methoxy groups -OCH3 is 1. The van der Waals surface area contributed by atoms with Crippen LogP contribution in [0, 0.1) is 0 Å². The molecule has 1 amide bonds. The number of fused-ring (bicyclic) bond motifs is 1. The molecular formula is C30H35Cl2N5O2. The summed E-state index contributed by atoms with van der Waals surface area (Å²) < 4.78 is 7.05. The molecule has 0 radical (unpaired) electrons. The van der Waals surface area contributed by atoms with Crippen LogP contribution in [0.25, 0.3) is 0 Å². The standard InChI is InChI=1S/C30H33N5O2.2ClH/c1-21(2)29-14-12-25(16-32-29)35(30(36)28-10-6-8-23-7-4-5-9-27(23)28)19-22-15-33-34(18-22)20-24-11-13-26(37-3)17-31-24;;/h4-5,7,9,11-18,21,28H,6,8,10,19-20H2,1-3H3;2*1H. The van der Waals surface area contributed by atoms with Gasteiger partial charge in [0.2, 0.25) is 5.91 Å². The molecular weight excluding hydrogens is 533 g/mol. The van der Waals surface area contributed by atoms with E-state index in [0.29, 0.717) is 19.0 Å². The van der Waals surface area contributed by atoms with E-state index in [1.54, 1.807) is 13.3 Å². The lowest BCUT2D eigenvalue weighted by Gasteiger charge is -2.31. The Morgan fingerprint density at radius 2 is 1.87 bits per heavy atom. The minimum absolute atomic E-state index is 0. The van der Waals surface area contributed by atoms with E-state index in [4.69, 9.17) is 4.74 Å². The fraction of sp³-hybridized carbons (Fsp3) is 0.333. The number of ether oxygens (including phenoxy) is 1. The maximum Gasteiger partial charge on any atom is 0.234 e. The van der Waals surface area contributed by atoms with Gasteiger partial charge in [0, 0.05) is 17.5 Å². The van der Waals surface area contributed by atoms with Crippen LogP contribution in [0.2, 0.25) is 0 Å². The Kier molecular flexibility index (Phi) is 10.5. The molecule has 4 aromatic rings. The van der Waals surface area contributed by atoms with Crippen LogP contribution in [0.15, 0.2) is 73.3 Å². The smallest absolute Gasteiger partial charge is 0.234 e. The van der Waals surface area contributed by atoms with Crippen molar-refractivity contribution in [1.82, 2.24) is 19.7 Å². The maximum atomic E-state index is 14.1. The summed E-state index contributed by atoms with van der Waals surface area (Å²) in [6.45, 7) is 5.21. The number of benzene rings is 1. The van der Waals surface area contributed by atoms with Crippen molar-refractivity contribution < 1.29 is 9.53 Å². The third kappa shape index (κ3) is 6.97. The minimum Gasteiger partial charge on any atom is -0.495 e. The van der Waals surface area contributed by atoms with Gasteiger partial charge in [-0.25, -0.2) is 0 Å². The zero-order chi connectivity index (χ0) is 25.8. The van der Waals surface area contributed by atoms with Crippen LogP contribution in [0.4, 0.5) is 5.69 Å². The normalized spacial score (nSPS) is 14.1. The molecule has 39 heavy (non-hydrogen) atoms. The van der Waals surface area contributed by atoms with E-state index >= 15 is 0 Å². The van der Waals surface area contributed by atoms with E-state index < -0.39 is 0 Å². The summed E-state index contributed by atoms with van der Waals surface area (Å²) in [5.41, 5.74) is 6.09. The van der Waals surface area contributed by atoms with Crippen molar-refractivity contribution in [2.75, 3.05) is 12.0 Å². The van der Waals surface area contributed by atoms with Gasteiger partial charge in [-0.1, -0.05) is 38.1 Å². The molecule has 1 aliphatic carbocycles. The van der Waals surface area contributed by atoms with Gasteiger partial charge in [0.1, 0.15) is 5.75 Å². The zero-order valence-electron chi connectivity index (χ0n) is 22.5. The molecule has 3 heterocycles. The quantitative estimate of drug-likeness (QED) is 0.248. The Hall–Kier alpha value is -3.42. The number of pyridine rings is 2. The van der Waals surface area contributed by atoms with Crippen LogP contribution in [-0.4, -0.2) is 32.8 Å². The summed E-state index contributed by atoms with van der Waals surface area (Å²) in [7, 11) is 1.63. The first-order chi connectivity index (χ1) is 18.0. The zero-order valence-corrected chi connectivity index (χ0v) is 24.1. The van der Waals surface area contributed by atoms with Crippen LogP contribution >= 0.6 is 24.8 Å². The van der Waals surface area contributed by atoms with Crippen LogP contribution in [0.3, 0.4) is 0 Å². The lowest BCUT2D eigenvalue weighted by molar-refractivity contribution is -0.120. The molecule has 0 N–H and O–H groups in total. The summed E-state index contributed by atoms with van der Waals surface area (Å²) in [6, 6.07) is 16.2. The Morgan fingerprint density at radius 1 is 1.05 bits per heavy atom. The molecule has 1 atom stereocenters. The molecule has 1 aromatic carbocycles. The predicted octanol–water partition coefficient (Wildman–Crippen LogP) is 6.35. The molecule has 3 aromatic heterocycles. The van der Waals surface area contributed by atoms with E-state index in [-0.39, 0.29) is 36.6 Å². The third-order valence-corrected chi connectivity index (χ3v) is 6.99. The molecule has 0 aliphatic heterocycles. The van der Waals surface area contributed by atoms with Crippen molar-refractivity contribution in [3.63, 3.8) is 0 Å². The molecule has 0 saturated carbocycles. The first-order valence-electron chi connectivity index (χ1n) is 12.9. The van der Waals surface area contributed by atoms with E-state index in [0.717, 1.165) is 53.2 Å². The first kappa shape index (κ1) is 30.1. The Bertz CT molecular complexity index is 1360. The highest BCUT2D eigenvalue weighted by atomic mass is 35.5. The van der Waals surface area contributed by atoms with Gasteiger partial charge in [-0.15, -0.1) is 24.8 Å². The van der Waals surface area contributed by atoms with Crippen molar-refractivity contribution in [3.8, 4) is 5.75 Å². The summed E-state index contributed by atoms with van der Waals surface area (Å²) in [4.78, 5) is 25.1. The minimum atomic E-state index is -0.159. The summed E-state index contributed by atoms with van der Waals surface area (Å²) >= 11 is 0. The number of hydrogen-bond acceptors (Lipinski definition) is 5. The fourth-order valence-electron chi connectivity index (χ4n) is 4.94. The average Bonchev–Trinajstić information content (AvgIpc) is 3.38.